The summed E-state index contributed by atoms with van der Waals surface area (Å²) in [5, 5.41) is 2.22. The lowest BCUT2D eigenvalue weighted by Gasteiger charge is -2.30. The van der Waals surface area contributed by atoms with Gasteiger partial charge < -0.3 is 10.1 Å². The van der Waals surface area contributed by atoms with Gasteiger partial charge in [-0.3, -0.25) is 14.5 Å². The van der Waals surface area contributed by atoms with Crippen LogP contribution in [-0.2, 0) is 19.6 Å². The van der Waals surface area contributed by atoms with Crippen molar-refractivity contribution in [3.63, 3.8) is 0 Å². The van der Waals surface area contributed by atoms with Gasteiger partial charge in [-0.05, 0) is 56.2 Å². The number of carbonyl (C=O) groups is 2. The van der Waals surface area contributed by atoms with Crippen molar-refractivity contribution in [2.75, 3.05) is 12.4 Å². The highest BCUT2D eigenvalue weighted by atomic mass is 32.2. The van der Waals surface area contributed by atoms with E-state index in [1.54, 1.807) is 43.5 Å². The Labute approximate surface area is 210 Å². The topological polar surface area (TPSA) is 105 Å². The number of sulfonamides is 1. The van der Waals surface area contributed by atoms with Gasteiger partial charge in [0.05, 0.1) is 12.0 Å². The molecule has 0 radical (unpaired) electrons. The largest absolute Gasteiger partial charge is 0.497 e. The van der Waals surface area contributed by atoms with E-state index in [9.17, 15) is 18.0 Å². The predicted molar refractivity (Wildman–Crippen MR) is 137 cm³/mol. The van der Waals surface area contributed by atoms with Crippen molar-refractivity contribution in [2.45, 2.75) is 61.6 Å². The maximum atomic E-state index is 13.4. The van der Waals surface area contributed by atoms with Gasteiger partial charge in [0.25, 0.3) is 10.0 Å². The van der Waals surface area contributed by atoms with E-state index in [2.05, 4.69) is 9.71 Å². The molecule has 0 bridgehead atoms. The minimum atomic E-state index is -4.00. The Morgan fingerprint density at radius 2 is 1.74 bits per heavy atom. The Morgan fingerprint density at radius 3 is 2.37 bits per heavy atom. The first-order valence-corrected chi connectivity index (χ1v) is 13.9. The van der Waals surface area contributed by atoms with Crippen LogP contribution in [0.1, 0.15) is 44.1 Å². The number of carbonyl (C=O) groups excluding carboxylic acids is 2. The summed E-state index contributed by atoms with van der Waals surface area (Å²) in [6, 6.07) is 13.3. The molecule has 0 aromatic heterocycles. The van der Waals surface area contributed by atoms with E-state index in [-0.39, 0.29) is 34.3 Å². The zero-order valence-electron chi connectivity index (χ0n) is 19.8. The molecule has 2 fully saturated rings. The van der Waals surface area contributed by atoms with Gasteiger partial charge in [0.15, 0.2) is 5.17 Å². The smallest absolute Gasteiger partial charge is 0.284 e. The fourth-order valence-electron chi connectivity index (χ4n) is 4.27. The number of methoxy groups -OCH3 is 1. The van der Waals surface area contributed by atoms with Gasteiger partial charge in [-0.15, -0.1) is 4.40 Å². The highest BCUT2D eigenvalue weighted by Gasteiger charge is 2.43. The molecule has 2 aromatic rings. The van der Waals surface area contributed by atoms with Crippen molar-refractivity contribution in [3.05, 3.63) is 54.1 Å². The summed E-state index contributed by atoms with van der Waals surface area (Å²) in [6.07, 6.45) is 4.54. The van der Waals surface area contributed by atoms with Crippen LogP contribution in [0.25, 0.3) is 0 Å². The van der Waals surface area contributed by atoms with E-state index < -0.39 is 15.3 Å². The number of amidine groups is 1. The molecule has 1 aliphatic heterocycles. The number of amides is 2. The Balaban J connectivity index is 1.55. The number of rotatable bonds is 7. The van der Waals surface area contributed by atoms with Gasteiger partial charge >= 0.3 is 0 Å². The van der Waals surface area contributed by atoms with Gasteiger partial charge in [-0.2, -0.15) is 8.42 Å². The van der Waals surface area contributed by atoms with Crippen molar-refractivity contribution >= 4 is 44.5 Å². The van der Waals surface area contributed by atoms with Crippen molar-refractivity contribution in [2.24, 2.45) is 4.40 Å². The fraction of sp³-hybridized carbons (Fsp3) is 0.400. The molecule has 186 valence electrons. The normalized spacial score (nSPS) is 20.3. The van der Waals surface area contributed by atoms with Crippen LogP contribution in [0.15, 0.2) is 57.8 Å². The van der Waals surface area contributed by atoms with E-state index in [0.29, 0.717) is 11.4 Å². The highest BCUT2D eigenvalue weighted by molar-refractivity contribution is 8.16. The fourth-order valence-corrected chi connectivity index (χ4v) is 6.68. The first-order valence-electron chi connectivity index (χ1n) is 11.6. The van der Waals surface area contributed by atoms with Crippen LogP contribution >= 0.6 is 11.8 Å². The molecule has 1 saturated heterocycles. The van der Waals surface area contributed by atoms with Gasteiger partial charge in [0.2, 0.25) is 11.8 Å². The van der Waals surface area contributed by atoms with Crippen LogP contribution in [0.4, 0.5) is 5.69 Å². The summed E-state index contributed by atoms with van der Waals surface area (Å²) in [6.45, 7) is 1.88. The minimum Gasteiger partial charge on any atom is -0.497 e. The molecular formula is C25H29N3O5S2. The van der Waals surface area contributed by atoms with E-state index in [0.717, 1.165) is 49.4 Å². The molecule has 2 amide bonds. The van der Waals surface area contributed by atoms with E-state index in [1.165, 1.54) is 17.0 Å². The molecule has 2 aromatic carbocycles. The first kappa shape index (κ1) is 25.2. The average Bonchev–Trinajstić information content (AvgIpc) is 3.13. The molecule has 8 nitrogen and oxygen atoms in total. The van der Waals surface area contributed by atoms with E-state index >= 15 is 0 Å². The van der Waals surface area contributed by atoms with E-state index in [1.807, 2.05) is 6.92 Å². The quantitative estimate of drug-likeness (QED) is 0.588. The second-order valence-electron chi connectivity index (χ2n) is 8.75. The first-order chi connectivity index (χ1) is 16.8. The molecule has 2 aliphatic rings. The van der Waals surface area contributed by atoms with E-state index in [4.69, 9.17) is 4.74 Å². The number of hydrogen-bond acceptors (Lipinski definition) is 6. The molecule has 1 N–H and O–H groups in total. The molecule has 35 heavy (non-hydrogen) atoms. The number of ether oxygens (including phenoxy) is 1. The van der Waals surface area contributed by atoms with Crippen molar-refractivity contribution in [1.29, 1.82) is 0 Å². The highest BCUT2D eigenvalue weighted by Crippen LogP contribution is 2.36. The summed E-state index contributed by atoms with van der Waals surface area (Å²) < 4.78 is 35.3. The van der Waals surface area contributed by atoms with Crippen molar-refractivity contribution in [3.8, 4) is 5.75 Å². The number of anilines is 1. The maximum Gasteiger partial charge on any atom is 0.284 e. The maximum absolute atomic E-state index is 13.4. The number of aryl methyl sites for hydroxylation is 1. The Hall–Kier alpha value is -2.85. The summed E-state index contributed by atoms with van der Waals surface area (Å²) in [7, 11) is -2.44. The molecule has 1 saturated carbocycles. The van der Waals surface area contributed by atoms with Crippen LogP contribution in [0.5, 0.6) is 5.75 Å². The van der Waals surface area contributed by atoms with Crippen LogP contribution in [-0.4, -0.2) is 48.7 Å². The standard InChI is InChI=1S/C25H29N3O5S2/c1-17-8-14-21(15-9-17)35(31,32)27-25-28(19-6-4-3-5-7-19)24(30)22(34-25)16-23(29)26-18-10-12-20(33-2)13-11-18/h8-15,19,22H,3-7,16H2,1-2H3,(H,26,29)/b27-25+. The van der Waals surface area contributed by atoms with Crippen molar-refractivity contribution in [1.82, 2.24) is 4.90 Å². The zero-order valence-corrected chi connectivity index (χ0v) is 21.4. The molecule has 4 rings (SSSR count). The molecule has 1 unspecified atom stereocenters. The summed E-state index contributed by atoms with van der Waals surface area (Å²) in [5.41, 5.74) is 1.53. The monoisotopic (exact) mass is 515 g/mol. The molecule has 0 spiro atoms. The number of benzene rings is 2. The number of thioether (sulfide) groups is 1. The third-order valence-corrected chi connectivity index (χ3v) is 8.72. The molecule has 10 heteroatoms. The van der Waals surface area contributed by atoms with Gasteiger partial charge in [0.1, 0.15) is 11.0 Å². The van der Waals surface area contributed by atoms with Crippen LogP contribution in [0.3, 0.4) is 0 Å². The van der Waals surface area contributed by atoms with Crippen LogP contribution in [0.2, 0.25) is 0 Å². The van der Waals surface area contributed by atoms with Crippen LogP contribution in [0, 0.1) is 6.92 Å². The summed E-state index contributed by atoms with van der Waals surface area (Å²) >= 11 is 1.06. The third kappa shape index (κ3) is 6.05. The lowest BCUT2D eigenvalue weighted by Crippen LogP contribution is -2.42. The van der Waals surface area contributed by atoms with Crippen LogP contribution < -0.4 is 10.1 Å². The van der Waals surface area contributed by atoms with Gasteiger partial charge in [0, 0.05) is 18.2 Å². The summed E-state index contributed by atoms with van der Waals surface area (Å²) in [4.78, 5) is 27.7. The van der Waals surface area contributed by atoms with Crippen molar-refractivity contribution < 1.29 is 22.7 Å². The van der Waals surface area contributed by atoms with Gasteiger partial charge in [-0.1, -0.05) is 48.7 Å². The third-order valence-electron chi connectivity index (χ3n) is 6.17. The molecule has 1 aliphatic carbocycles. The molecule has 1 heterocycles. The second kappa shape index (κ2) is 10.8. The number of nitrogens with zero attached hydrogens (tertiary/aromatic N) is 2. The predicted octanol–water partition coefficient (Wildman–Crippen LogP) is 4.35. The SMILES string of the molecule is COc1ccc(NC(=O)CC2S/C(=N/S(=O)(=O)c3ccc(C)cc3)N(C3CCCCC3)C2=O)cc1. The summed E-state index contributed by atoms with van der Waals surface area (Å²) in [5.74, 6) is 0.0835. The number of nitrogens with one attached hydrogen (secondary N) is 1. The minimum absolute atomic E-state index is 0.0768. The van der Waals surface area contributed by atoms with Gasteiger partial charge in [-0.25, -0.2) is 0 Å². The average molecular weight is 516 g/mol. The zero-order chi connectivity index (χ0) is 25.0. The number of hydrogen-bond donors (Lipinski definition) is 1. The lowest BCUT2D eigenvalue weighted by molar-refractivity contribution is -0.130. The molecular weight excluding hydrogens is 486 g/mol. The lowest BCUT2D eigenvalue weighted by atomic mass is 9.94. The molecule has 1 atom stereocenters. The Kier molecular flexibility index (Phi) is 7.81. The Bertz CT molecular complexity index is 1200. The Morgan fingerprint density at radius 1 is 1.09 bits per heavy atom. The second-order valence-corrected chi connectivity index (χ2v) is 11.5.